The van der Waals surface area contributed by atoms with Crippen molar-refractivity contribution < 1.29 is 14.3 Å². The number of methoxy groups -OCH3 is 1. The summed E-state index contributed by atoms with van der Waals surface area (Å²) < 4.78 is 11.5. The first-order valence-corrected chi connectivity index (χ1v) is 8.75. The number of nitrogens with zero attached hydrogens (tertiary/aromatic N) is 1. The van der Waals surface area contributed by atoms with E-state index < -0.39 is 0 Å². The van der Waals surface area contributed by atoms with Gasteiger partial charge in [-0.3, -0.25) is 4.79 Å². The number of hydrogen-bond acceptors (Lipinski definition) is 4. The Hall–Kier alpha value is -2.78. The van der Waals surface area contributed by atoms with E-state index in [0.29, 0.717) is 11.5 Å². The number of rotatable bonds is 7. The van der Waals surface area contributed by atoms with Gasteiger partial charge in [-0.05, 0) is 42.3 Å². The Kier molecular flexibility index (Phi) is 7.24. The molecule has 0 aliphatic carbocycles. The van der Waals surface area contributed by atoms with E-state index in [-0.39, 0.29) is 18.6 Å². The van der Waals surface area contributed by atoms with E-state index in [1.807, 2.05) is 37.3 Å². The topological polar surface area (TPSA) is 71.3 Å². The minimum absolute atomic E-state index is 0.0547. The first-order chi connectivity index (χ1) is 12.5. The van der Waals surface area contributed by atoms with Gasteiger partial charge in [-0.25, -0.2) is 0 Å². The summed E-state index contributed by atoms with van der Waals surface area (Å²) >= 11 is 3.49. The Morgan fingerprint density at radius 2 is 2.08 bits per heavy atom. The van der Waals surface area contributed by atoms with E-state index >= 15 is 0 Å². The third-order valence-corrected chi connectivity index (χ3v) is 4.36. The van der Waals surface area contributed by atoms with Crippen LogP contribution in [0.15, 0.2) is 53.0 Å². The second-order valence-electron chi connectivity index (χ2n) is 5.44. The van der Waals surface area contributed by atoms with Crippen LogP contribution in [-0.2, 0) is 4.79 Å². The zero-order chi connectivity index (χ0) is 18.9. The Balaban J connectivity index is 2.03. The van der Waals surface area contributed by atoms with Crippen LogP contribution in [0.3, 0.4) is 0 Å². The van der Waals surface area contributed by atoms with Crippen LogP contribution in [0.25, 0.3) is 6.08 Å². The summed E-state index contributed by atoms with van der Waals surface area (Å²) in [6, 6.07) is 14.8. The molecular weight excluding hydrogens is 396 g/mol. The summed E-state index contributed by atoms with van der Waals surface area (Å²) in [5.74, 6) is 0.791. The van der Waals surface area contributed by atoms with E-state index in [0.717, 1.165) is 15.6 Å². The lowest BCUT2D eigenvalue weighted by Crippen LogP contribution is -2.24. The lowest BCUT2D eigenvalue weighted by atomic mass is 10.1. The molecule has 0 unspecified atom stereocenters. The summed E-state index contributed by atoms with van der Waals surface area (Å²) in [5, 5.41) is 11.5. The predicted molar refractivity (Wildman–Crippen MR) is 104 cm³/mol. The minimum atomic E-state index is -0.197. The molecule has 0 spiro atoms. The second-order valence-corrected chi connectivity index (χ2v) is 6.30. The number of nitrogens with one attached hydrogen (secondary N) is 1. The van der Waals surface area contributed by atoms with Gasteiger partial charge < -0.3 is 14.8 Å². The van der Waals surface area contributed by atoms with Gasteiger partial charge in [-0.2, -0.15) is 5.26 Å². The SMILES string of the molecule is COc1cc(/C=C/C(=O)N[C@@H](C)c2ccccc2Br)ccc1OCC#N. The van der Waals surface area contributed by atoms with Crippen LogP contribution in [-0.4, -0.2) is 19.6 Å². The number of carbonyl (C=O) groups excluding carboxylic acids is 1. The molecule has 0 heterocycles. The molecule has 0 saturated heterocycles. The van der Waals surface area contributed by atoms with Crippen molar-refractivity contribution >= 4 is 27.9 Å². The van der Waals surface area contributed by atoms with E-state index in [9.17, 15) is 4.79 Å². The highest BCUT2D eigenvalue weighted by atomic mass is 79.9. The van der Waals surface area contributed by atoms with Gasteiger partial charge in [0.25, 0.3) is 0 Å². The van der Waals surface area contributed by atoms with Crippen LogP contribution in [0, 0.1) is 11.3 Å². The maximum atomic E-state index is 12.2. The Morgan fingerprint density at radius 3 is 2.77 bits per heavy atom. The Morgan fingerprint density at radius 1 is 1.31 bits per heavy atom. The number of benzene rings is 2. The monoisotopic (exact) mass is 414 g/mol. The summed E-state index contributed by atoms with van der Waals surface area (Å²) in [5.41, 5.74) is 1.80. The van der Waals surface area contributed by atoms with Gasteiger partial charge in [0.05, 0.1) is 13.2 Å². The van der Waals surface area contributed by atoms with Gasteiger partial charge in [-0.1, -0.05) is 40.2 Å². The van der Waals surface area contributed by atoms with Gasteiger partial charge >= 0.3 is 0 Å². The second kappa shape index (κ2) is 9.64. The normalized spacial score (nSPS) is 11.6. The van der Waals surface area contributed by atoms with Crippen LogP contribution in [0.2, 0.25) is 0 Å². The Bertz CT molecular complexity index is 843. The van der Waals surface area contributed by atoms with Gasteiger partial charge in [0.15, 0.2) is 18.1 Å². The lowest BCUT2D eigenvalue weighted by Gasteiger charge is -2.14. The predicted octanol–water partition coefficient (Wildman–Crippen LogP) is 4.25. The van der Waals surface area contributed by atoms with Crippen LogP contribution in [0.4, 0.5) is 0 Å². The maximum Gasteiger partial charge on any atom is 0.244 e. The van der Waals surface area contributed by atoms with Gasteiger partial charge in [0, 0.05) is 10.5 Å². The molecule has 1 N–H and O–H groups in total. The van der Waals surface area contributed by atoms with Crippen molar-refractivity contribution in [3.05, 3.63) is 64.1 Å². The molecule has 0 aliphatic rings. The molecule has 6 heteroatoms. The standard InChI is InChI=1S/C20H19BrN2O3/c1-14(16-5-3-4-6-17(16)21)23-20(24)10-8-15-7-9-18(26-12-11-22)19(13-15)25-2/h3-10,13-14H,12H2,1-2H3,(H,23,24)/b10-8+/t14-/m0/s1. The number of carbonyl (C=O) groups is 1. The molecule has 134 valence electrons. The molecular formula is C20H19BrN2O3. The minimum Gasteiger partial charge on any atom is -0.493 e. The molecule has 0 aromatic heterocycles. The average molecular weight is 415 g/mol. The van der Waals surface area contributed by atoms with E-state index in [2.05, 4.69) is 21.2 Å². The van der Waals surface area contributed by atoms with Crippen molar-refractivity contribution in [2.75, 3.05) is 13.7 Å². The first kappa shape index (κ1) is 19.5. The van der Waals surface area contributed by atoms with Crippen LogP contribution in [0.1, 0.15) is 24.1 Å². The molecule has 0 radical (unpaired) electrons. The highest BCUT2D eigenvalue weighted by Gasteiger charge is 2.10. The summed E-state index contributed by atoms with van der Waals surface area (Å²) in [6.07, 6.45) is 3.16. The van der Waals surface area contributed by atoms with Crippen LogP contribution >= 0.6 is 15.9 Å². The number of amides is 1. The molecule has 2 aromatic carbocycles. The zero-order valence-electron chi connectivity index (χ0n) is 14.5. The molecule has 0 saturated carbocycles. The third kappa shape index (κ3) is 5.36. The molecule has 0 aliphatic heterocycles. The van der Waals surface area contributed by atoms with Crippen molar-refractivity contribution in [2.45, 2.75) is 13.0 Å². The van der Waals surface area contributed by atoms with Gasteiger partial charge in [-0.15, -0.1) is 0 Å². The van der Waals surface area contributed by atoms with Gasteiger partial charge in [0.1, 0.15) is 6.07 Å². The van der Waals surface area contributed by atoms with Crippen molar-refractivity contribution in [3.63, 3.8) is 0 Å². The number of nitriles is 1. The fourth-order valence-electron chi connectivity index (χ4n) is 2.35. The molecule has 26 heavy (non-hydrogen) atoms. The molecule has 0 fully saturated rings. The number of halogens is 1. The van der Waals surface area contributed by atoms with Crippen LogP contribution < -0.4 is 14.8 Å². The maximum absolute atomic E-state index is 12.2. The molecule has 2 rings (SSSR count). The fraction of sp³-hybridized carbons (Fsp3) is 0.200. The number of ether oxygens (including phenoxy) is 2. The lowest BCUT2D eigenvalue weighted by molar-refractivity contribution is -0.117. The highest BCUT2D eigenvalue weighted by molar-refractivity contribution is 9.10. The smallest absolute Gasteiger partial charge is 0.244 e. The van der Waals surface area contributed by atoms with E-state index in [1.54, 1.807) is 24.3 Å². The molecule has 1 amide bonds. The van der Waals surface area contributed by atoms with E-state index in [4.69, 9.17) is 14.7 Å². The van der Waals surface area contributed by atoms with Crippen molar-refractivity contribution in [3.8, 4) is 17.6 Å². The Labute approximate surface area is 161 Å². The number of hydrogen-bond donors (Lipinski definition) is 1. The van der Waals surface area contributed by atoms with Crippen LogP contribution in [0.5, 0.6) is 11.5 Å². The third-order valence-electron chi connectivity index (χ3n) is 3.64. The molecule has 5 nitrogen and oxygen atoms in total. The zero-order valence-corrected chi connectivity index (χ0v) is 16.1. The van der Waals surface area contributed by atoms with Crippen molar-refractivity contribution in [1.29, 1.82) is 5.26 Å². The highest BCUT2D eigenvalue weighted by Crippen LogP contribution is 2.28. The summed E-state index contributed by atoms with van der Waals surface area (Å²) in [7, 11) is 1.52. The van der Waals surface area contributed by atoms with Crippen molar-refractivity contribution in [2.24, 2.45) is 0 Å². The van der Waals surface area contributed by atoms with Crippen molar-refractivity contribution in [1.82, 2.24) is 5.32 Å². The first-order valence-electron chi connectivity index (χ1n) is 7.96. The largest absolute Gasteiger partial charge is 0.493 e. The summed E-state index contributed by atoms with van der Waals surface area (Å²) in [6.45, 7) is 1.87. The molecule has 2 aromatic rings. The fourth-order valence-corrected chi connectivity index (χ4v) is 2.98. The average Bonchev–Trinajstić information content (AvgIpc) is 2.65. The quantitative estimate of drug-likeness (QED) is 0.687. The molecule has 1 atom stereocenters. The molecule has 0 bridgehead atoms. The summed E-state index contributed by atoms with van der Waals surface area (Å²) in [4.78, 5) is 12.2. The van der Waals surface area contributed by atoms with E-state index in [1.165, 1.54) is 13.2 Å². The van der Waals surface area contributed by atoms with Gasteiger partial charge in [0.2, 0.25) is 5.91 Å².